The van der Waals surface area contributed by atoms with Crippen molar-refractivity contribution in [3.8, 4) is 11.5 Å². The Morgan fingerprint density at radius 1 is 1.38 bits per heavy atom. The molecule has 1 N–H and O–H groups in total. The van der Waals surface area contributed by atoms with Crippen molar-refractivity contribution >= 4 is 11.4 Å². The van der Waals surface area contributed by atoms with Gasteiger partial charge in [-0.1, -0.05) is 19.8 Å². The first kappa shape index (κ1) is 16.6. The number of nitrogens with zero attached hydrogens (tertiary/aromatic N) is 4. The highest BCUT2D eigenvalue weighted by Crippen LogP contribution is 2.23. The van der Waals surface area contributed by atoms with Crippen molar-refractivity contribution in [2.24, 2.45) is 5.92 Å². The lowest BCUT2D eigenvalue weighted by Gasteiger charge is -2.29. The lowest BCUT2D eigenvalue weighted by Crippen LogP contribution is -2.44. The topological polar surface area (TPSA) is 94.4 Å². The summed E-state index contributed by atoms with van der Waals surface area (Å²) in [6.45, 7) is 2.06. The minimum absolute atomic E-state index is 0.0974. The van der Waals surface area contributed by atoms with Crippen LogP contribution in [0, 0.1) is 5.92 Å². The molecule has 1 saturated carbocycles. The van der Waals surface area contributed by atoms with Crippen LogP contribution >= 0.6 is 0 Å². The summed E-state index contributed by atoms with van der Waals surface area (Å²) in [5.74, 6) is 0.850. The Morgan fingerprint density at radius 3 is 3.00 bits per heavy atom. The van der Waals surface area contributed by atoms with Crippen molar-refractivity contribution < 1.29 is 9.21 Å². The van der Waals surface area contributed by atoms with Gasteiger partial charge in [0.1, 0.15) is 24.1 Å². The summed E-state index contributed by atoms with van der Waals surface area (Å²) in [5.41, 5.74) is 0.544. The molecule has 1 amide bonds. The van der Waals surface area contributed by atoms with E-state index in [0.29, 0.717) is 22.9 Å². The van der Waals surface area contributed by atoms with Gasteiger partial charge >= 0.3 is 0 Å². The number of rotatable bonds is 4. The molecule has 3 aromatic heterocycles. The Morgan fingerprint density at radius 2 is 2.23 bits per heavy atom. The fourth-order valence-corrected chi connectivity index (χ4v) is 3.51. The number of fused-ring (bicyclic) bond motifs is 1. The van der Waals surface area contributed by atoms with E-state index in [9.17, 15) is 9.59 Å². The molecule has 2 unspecified atom stereocenters. The number of carbonyl (C=O) groups is 1. The monoisotopic (exact) mass is 355 g/mol. The van der Waals surface area contributed by atoms with E-state index in [4.69, 9.17) is 4.42 Å². The van der Waals surface area contributed by atoms with Crippen molar-refractivity contribution in [1.29, 1.82) is 0 Å². The average Bonchev–Trinajstić information content (AvgIpc) is 3.29. The van der Waals surface area contributed by atoms with E-state index in [-0.39, 0.29) is 24.1 Å². The van der Waals surface area contributed by atoms with Crippen LogP contribution in [0.1, 0.15) is 32.6 Å². The molecule has 8 nitrogen and oxygen atoms in total. The standard InChI is InChI=1S/C18H21N5O3/c1-12-5-2-3-6-13(12)20-17(24)10-22-18(25)15-9-14(16-7-4-8-26-16)21-23(15)11-19-22/h4,7-9,11-13H,2-3,5-6,10H2,1H3,(H,20,24). The molecule has 0 aromatic carbocycles. The molecule has 0 aliphatic heterocycles. The van der Waals surface area contributed by atoms with Crippen molar-refractivity contribution in [3.05, 3.63) is 41.1 Å². The molecule has 0 radical (unpaired) electrons. The van der Waals surface area contributed by atoms with Gasteiger partial charge in [0.15, 0.2) is 5.76 Å². The van der Waals surface area contributed by atoms with Gasteiger partial charge in [0.2, 0.25) is 5.91 Å². The van der Waals surface area contributed by atoms with Gasteiger partial charge in [0, 0.05) is 12.1 Å². The largest absolute Gasteiger partial charge is 0.463 e. The van der Waals surface area contributed by atoms with Gasteiger partial charge in [-0.15, -0.1) is 0 Å². The van der Waals surface area contributed by atoms with Crippen LogP contribution in [-0.4, -0.2) is 31.3 Å². The van der Waals surface area contributed by atoms with Crippen LogP contribution < -0.4 is 10.9 Å². The Hall–Kier alpha value is -2.90. The second kappa shape index (κ2) is 6.78. The summed E-state index contributed by atoms with van der Waals surface area (Å²) in [6, 6.07) is 5.34. The Balaban J connectivity index is 1.54. The lowest BCUT2D eigenvalue weighted by atomic mass is 9.86. The Bertz CT molecular complexity index is 973. The summed E-state index contributed by atoms with van der Waals surface area (Å²) in [5, 5.41) is 11.4. The molecule has 0 bridgehead atoms. The number of furan rings is 1. The number of hydrogen-bond acceptors (Lipinski definition) is 5. The summed E-state index contributed by atoms with van der Waals surface area (Å²) in [7, 11) is 0. The predicted octanol–water partition coefficient (Wildman–Crippen LogP) is 1.85. The molecule has 136 valence electrons. The van der Waals surface area contributed by atoms with E-state index in [0.717, 1.165) is 19.3 Å². The van der Waals surface area contributed by atoms with Gasteiger partial charge in [-0.05, 0) is 30.9 Å². The van der Waals surface area contributed by atoms with E-state index in [1.165, 1.54) is 21.9 Å². The van der Waals surface area contributed by atoms with E-state index < -0.39 is 0 Å². The first-order chi connectivity index (χ1) is 12.6. The smallest absolute Gasteiger partial charge is 0.293 e. The lowest BCUT2D eigenvalue weighted by molar-refractivity contribution is -0.123. The molecule has 2 atom stereocenters. The molecule has 1 aliphatic carbocycles. The Labute approximate surface area is 149 Å². The van der Waals surface area contributed by atoms with Gasteiger partial charge in [-0.2, -0.15) is 10.2 Å². The molecule has 0 saturated heterocycles. The second-order valence-corrected chi connectivity index (χ2v) is 6.87. The van der Waals surface area contributed by atoms with Crippen LogP contribution in [0.15, 0.2) is 40.0 Å². The summed E-state index contributed by atoms with van der Waals surface area (Å²) in [4.78, 5) is 25.0. The van der Waals surface area contributed by atoms with E-state index >= 15 is 0 Å². The van der Waals surface area contributed by atoms with Crippen molar-refractivity contribution in [1.82, 2.24) is 24.7 Å². The molecule has 3 aromatic rings. The molecule has 8 heteroatoms. The first-order valence-electron chi connectivity index (χ1n) is 8.90. The highest BCUT2D eigenvalue weighted by molar-refractivity contribution is 5.76. The summed E-state index contributed by atoms with van der Waals surface area (Å²) < 4.78 is 7.88. The zero-order chi connectivity index (χ0) is 18.1. The number of hydrogen-bond donors (Lipinski definition) is 1. The van der Waals surface area contributed by atoms with E-state index in [1.807, 2.05) is 0 Å². The van der Waals surface area contributed by atoms with E-state index in [2.05, 4.69) is 22.4 Å². The maximum Gasteiger partial charge on any atom is 0.293 e. The number of amides is 1. The molecular weight excluding hydrogens is 334 g/mol. The Kier molecular flexibility index (Phi) is 4.32. The maximum absolute atomic E-state index is 12.6. The summed E-state index contributed by atoms with van der Waals surface area (Å²) >= 11 is 0. The van der Waals surface area contributed by atoms with Crippen LogP contribution in [0.4, 0.5) is 0 Å². The third kappa shape index (κ3) is 3.14. The first-order valence-corrected chi connectivity index (χ1v) is 8.90. The van der Waals surface area contributed by atoms with Gasteiger partial charge in [-0.25, -0.2) is 9.20 Å². The van der Waals surface area contributed by atoms with Crippen molar-refractivity contribution in [2.45, 2.75) is 45.2 Å². The van der Waals surface area contributed by atoms with Crippen LogP contribution in [-0.2, 0) is 11.3 Å². The number of nitrogens with one attached hydrogen (secondary N) is 1. The van der Waals surface area contributed by atoms with E-state index in [1.54, 1.807) is 24.5 Å². The normalized spacial score (nSPS) is 20.3. The van der Waals surface area contributed by atoms with Gasteiger partial charge < -0.3 is 9.73 Å². The van der Waals surface area contributed by atoms with Crippen molar-refractivity contribution in [3.63, 3.8) is 0 Å². The molecule has 26 heavy (non-hydrogen) atoms. The van der Waals surface area contributed by atoms with Gasteiger partial charge in [-0.3, -0.25) is 9.59 Å². The van der Waals surface area contributed by atoms with Crippen molar-refractivity contribution in [2.75, 3.05) is 0 Å². The average molecular weight is 355 g/mol. The number of aromatic nitrogens is 4. The minimum Gasteiger partial charge on any atom is -0.463 e. The summed E-state index contributed by atoms with van der Waals surface area (Å²) in [6.07, 6.45) is 7.44. The van der Waals surface area contributed by atoms with Crippen LogP contribution in [0.25, 0.3) is 17.0 Å². The molecular formula is C18H21N5O3. The van der Waals surface area contributed by atoms with Crippen LogP contribution in [0.5, 0.6) is 0 Å². The zero-order valence-corrected chi connectivity index (χ0v) is 14.6. The second-order valence-electron chi connectivity index (χ2n) is 6.87. The highest BCUT2D eigenvalue weighted by atomic mass is 16.3. The maximum atomic E-state index is 12.6. The SMILES string of the molecule is CC1CCCCC1NC(=O)Cn1ncn2nc(-c3ccco3)cc2c1=O. The van der Waals surface area contributed by atoms with Crippen LogP contribution in [0.3, 0.4) is 0 Å². The molecule has 4 rings (SSSR count). The van der Waals surface area contributed by atoms with Gasteiger partial charge in [0.25, 0.3) is 5.56 Å². The van der Waals surface area contributed by atoms with Crippen LogP contribution in [0.2, 0.25) is 0 Å². The quantitative estimate of drug-likeness (QED) is 0.771. The fraction of sp³-hybridized carbons (Fsp3) is 0.444. The number of carbonyl (C=O) groups excluding carboxylic acids is 1. The highest BCUT2D eigenvalue weighted by Gasteiger charge is 2.23. The van der Waals surface area contributed by atoms with Gasteiger partial charge in [0.05, 0.1) is 6.26 Å². The minimum atomic E-state index is -0.357. The zero-order valence-electron chi connectivity index (χ0n) is 14.6. The third-order valence-corrected chi connectivity index (χ3v) is 5.01. The predicted molar refractivity (Wildman–Crippen MR) is 94.5 cm³/mol. The molecule has 0 spiro atoms. The fourth-order valence-electron chi connectivity index (χ4n) is 3.51. The molecule has 1 aliphatic rings. The molecule has 1 fully saturated rings. The third-order valence-electron chi connectivity index (χ3n) is 5.01. The molecule has 3 heterocycles.